The van der Waals surface area contributed by atoms with E-state index in [0.717, 1.165) is 40.9 Å². The van der Waals surface area contributed by atoms with Crippen LogP contribution < -0.4 is 10.2 Å². The Morgan fingerprint density at radius 3 is 2.57 bits per heavy atom. The lowest BCUT2D eigenvalue weighted by Gasteiger charge is -2.37. The van der Waals surface area contributed by atoms with Crippen molar-refractivity contribution in [2.75, 3.05) is 36.4 Å². The van der Waals surface area contributed by atoms with Gasteiger partial charge in [0, 0.05) is 66.4 Å². The number of fused-ring (bicyclic) bond motifs is 1. The molecule has 0 unspecified atom stereocenters. The van der Waals surface area contributed by atoms with Crippen LogP contribution in [0.3, 0.4) is 0 Å². The first-order valence-corrected chi connectivity index (χ1v) is 11.7. The van der Waals surface area contributed by atoms with E-state index in [0.29, 0.717) is 37.6 Å². The Bertz CT molecular complexity index is 1390. The van der Waals surface area contributed by atoms with Crippen LogP contribution in [0.25, 0.3) is 22.2 Å². The highest BCUT2D eigenvalue weighted by molar-refractivity contribution is 5.94. The number of nitrogens with one attached hydrogen (secondary N) is 2. The minimum Gasteiger partial charge on any atom is -0.380 e. The number of halogens is 1. The van der Waals surface area contributed by atoms with Crippen molar-refractivity contribution in [3.05, 3.63) is 66.7 Å². The number of anilines is 3. The topological polar surface area (TPSA) is 97.4 Å². The quantitative estimate of drug-likeness (QED) is 0.410. The first kappa shape index (κ1) is 21.5. The van der Waals surface area contributed by atoms with E-state index in [1.165, 1.54) is 12.1 Å². The van der Waals surface area contributed by atoms with E-state index >= 15 is 0 Å². The lowest BCUT2D eigenvalue weighted by Crippen LogP contribution is -2.52. The average Bonchev–Trinajstić information content (AvgIpc) is 3.50. The molecule has 8 nitrogen and oxygen atoms in total. The van der Waals surface area contributed by atoms with Crippen LogP contribution in [0.5, 0.6) is 0 Å². The highest BCUT2D eigenvalue weighted by atomic mass is 19.1. The van der Waals surface area contributed by atoms with E-state index in [2.05, 4.69) is 25.2 Å². The summed E-state index contributed by atoms with van der Waals surface area (Å²) in [4.78, 5) is 28.4. The summed E-state index contributed by atoms with van der Waals surface area (Å²) in [5.74, 6) is 0.0296. The van der Waals surface area contributed by atoms with Crippen LogP contribution in [0, 0.1) is 5.82 Å². The van der Waals surface area contributed by atoms with Gasteiger partial charge in [-0.15, -0.1) is 0 Å². The summed E-state index contributed by atoms with van der Waals surface area (Å²) >= 11 is 0. The number of amides is 1. The number of piperazine rings is 1. The number of hydrogen-bond donors (Lipinski definition) is 3. The Labute approximate surface area is 201 Å². The zero-order chi connectivity index (χ0) is 24.0. The largest absolute Gasteiger partial charge is 0.380 e. The molecule has 0 spiro atoms. The average molecular weight is 473 g/mol. The molecule has 0 bridgehead atoms. The van der Waals surface area contributed by atoms with Gasteiger partial charge in [0.1, 0.15) is 11.4 Å². The second-order valence-corrected chi connectivity index (χ2v) is 9.14. The van der Waals surface area contributed by atoms with Crippen molar-refractivity contribution in [2.24, 2.45) is 0 Å². The van der Waals surface area contributed by atoms with Gasteiger partial charge in [-0.2, -0.15) is 0 Å². The minimum absolute atomic E-state index is 0.128. The Morgan fingerprint density at radius 1 is 1.06 bits per heavy atom. The third-order valence-corrected chi connectivity index (χ3v) is 6.75. The fourth-order valence-corrected chi connectivity index (χ4v) is 4.55. The van der Waals surface area contributed by atoms with Gasteiger partial charge in [0.2, 0.25) is 5.95 Å². The number of carbonyl (C=O) groups is 1. The van der Waals surface area contributed by atoms with Gasteiger partial charge in [0.15, 0.2) is 0 Å². The second kappa shape index (κ2) is 8.35. The maximum Gasteiger partial charge on any atom is 0.254 e. The summed E-state index contributed by atoms with van der Waals surface area (Å²) in [7, 11) is 0. The van der Waals surface area contributed by atoms with Crippen LogP contribution >= 0.6 is 0 Å². The molecule has 1 amide bonds. The molecule has 0 radical (unpaired) electrons. The molecule has 3 N–H and O–H groups in total. The molecule has 2 aromatic carbocycles. The Hall–Kier alpha value is -3.98. The van der Waals surface area contributed by atoms with E-state index in [9.17, 15) is 14.3 Å². The summed E-state index contributed by atoms with van der Waals surface area (Å²) in [5.41, 5.74) is 3.17. The van der Waals surface area contributed by atoms with Gasteiger partial charge in [-0.25, -0.2) is 14.4 Å². The van der Waals surface area contributed by atoms with Gasteiger partial charge in [-0.1, -0.05) is 0 Å². The molecule has 178 valence electrons. The van der Waals surface area contributed by atoms with Crippen LogP contribution in [-0.4, -0.2) is 62.6 Å². The molecule has 2 aromatic heterocycles. The number of H-pyrrole nitrogens is 1. The van der Waals surface area contributed by atoms with Crippen molar-refractivity contribution >= 4 is 34.1 Å². The third-order valence-electron chi connectivity index (χ3n) is 6.75. The molecular weight excluding hydrogens is 447 g/mol. The van der Waals surface area contributed by atoms with Crippen molar-refractivity contribution < 1.29 is 14.3 Å². The van der Waals surface area contributed by atoms with E-state index < -0.39 is 5.60 Å². The van der Waals surface area contributed by atoms with Crippen molar-refractivity contribution in [3.8, 4) is 11.3 Å². The molecule has 6 rings (SSSR count). The SMILES string of the molecule is O=C(N1CCN(c2ccc(Nc3nccc(-c4c[nH]c5ccc(F)cc45)n3)cc2)CC1)C1(O)CC1. The van der Waals surface area contributed by atoms with Crippen LogP contribution in [0.2, 0.25) is 0 Å². The maximum absolute atomic E-state index is 13.8. The standard InChI is InChI=1S/C26H25FN6O2/c27-17-1-6-22-20(15-17)21(16-29-22)23-7-10-28-25(31-23)30-18-2-4-19(5-3-18)32-11-13-33(14-12-32)24(34)26(35)8-9-26/h1-7,10,15-16,29,35H,8-9,11-14H2,(H,28,30,31). The molecule has 3 heterocycles. The van der Waals surface area contributed by atoms with Crippen molar-refractivity contribution in [3.63, 3.8) is 0 Å². The number of hydrogen-bond acceptors (Lipinski definition) is 6. The number of aromatic amines is 1. The summed E-state index contributed by atoms with van der Waals surface area (Å²) in [6, 6.07) is 14.4. The fourth-order valence-electron chi connectivity index (χ4n) is 4.55. The number of aliphatic hydroxyl groups is 1. The number of benzene rings is 2. The summed E-state index contributed by atoms with van der Waals surface area (Å²) in [6.07, 6.45) is 4.65. The Balaban J connectivity index is 1.12. The highest BCUT2D eigenvalue weighted by Gasteiger charge is 2.50. The smallest absolute Gasteiger partial charge is 0.254 e. The third kappa shape index (κ3) is 4.19. The molecule has 4 aromatic rings. The first-order valence-electron chi connectivity index (χ1n) is 11.7. The number of rotatable bonds is 5. The monoisotopic (exact) mass is 472 g/mol. The van der Waals surface area contributed by atoms with Crippen LogP contribution in [0.1, 0.15) is 12.8 Å². The molecule has 1 saturated carbocycles. The number of aromatic nitrogens is 3. The Morgan fingerprint density at radius 2 is 1.83 bits per heavy atom. The molecule has 2 aliphatic rings. The molecule has 35 heavy (non-hydrogen) atoms. The Kier molecular flexibility index (Phi) is 5.14. The molecule has 1 aliphatic heterocycles. The van der Waals surface area contributed by atoms with Crippen LogP contribution in [0.15, 0.2) is 60.9 Å². The normalized spacial score (nSPS) is 17.0. The summed E-state index contributed by atoms with van der Waals surface area (Å²) < 4.78 is 13.8. The predicted molar refractivity (Wildman–Crippen MR) is 132 cm³/mol. The van der Waals surface area contributed by atoms with Crippen LogP contribution in [-0.2, 0) is 4.79 Å². The summed E-state index contributed by atoms with van der Waals surface area (Å²) in [5, 5.41) is 14.1. The predicted octanol–water partition coefficient (Wildman–Crippen LogP) is 3.68. The van der Waals surface area contributed by atoms with Crippen LogP contribution in [0.4, 0.5) is 21.7 Å². The van der Waals surface area contributed by atoms with Crippen molar-refractivity contribution in [1.82, 2.24) is 19.9 Å². The summed E-state index contributed by atoms with van der Waals surface area (Å²) in [6.45, 7) is 2.68. The van der Waals surface area contributed by atoms with Gasteiger partial charge in [-0.3, -0.25) is 4.79 Å². The van der Waals surface area contributed by atoms with E-state index in [-0.39, 0.29) is 11.7 Å². The lowest BCUT2D eigenvalue weighted by molar-refractivity contribution is -0.142. The highest BCUT2D eigenvalue weighted by Crippen LogP contribution is 2.37. The zero-order valence-electron chi connectivity index (χ0n) is 19.0. The molecular formula is C26H25FN6O2. The van der Waals surface area contributed by atoms with Gasteiger partial charge in [-0.05, 0) is 61.4 Å². The second-order valence-electron chi connectivity index (χ2n) is 9.14. The molecule has 1 saturated heterocycles. The molecule has 2 fully saturated rings. The van der Waals surface area contributed by atoms with E-state index in [4.69, 9.17) is 0 Å². The zero-order valence-corrected chi connectivity index (χ0v) is 19.0. The van der Waals surface area contributed by atoms with Gasteiger partial charge in [0.25, 0.3) is 5.91 Å². The number of nitrogens with zero attached hydrogens (tertiary/aromatic N) is 4. The van der Waals surface area contributed by atoms with Crippen molar-refractivity contribution in [2.45, 2.75) is 18.4 Å². The molecule has 9 heteroatoms. The lowest BCUT2D eigenvalue weighted by atomic mass is 10.1. The van der Waals surface area contributed by atoms with E-state index in [1.54, 1.807) is 23.2 Å². The van der Waals surface area contributed by atoms with Gasteiger partial charge < -0.3 is 25.2 Å². The molecule has 0 atom stereocenters. The van der Waals surface area contributed by atoms with Gasteiger partial charge in [0.05, 0.1) is 5.69 Å². The fraction of sp³-hybridized carbons (Fsp3) is 0.269. The maximum atomic E-state index is 13.8. The molecule has 1 aliphatic carbocycles. The minimum atomic E-state index is -1.10. The van der Waals surface area contributed by atoms with Crippen molar-refractivity contribution in [1.29, 1.82) is 0 Å². The number of carbonyl (C=O) groups excluding carboxylic acids is 1. The first-order chi connectivity index (χ1) is 17.0. The van der Waals surface area contributed by atoms with E-state index in [1.807, 2.05) is 30.5 Å². The van der Waals surface area contributed by atoms with Gasteiger partial charge >= 0.3 is 0 Å².